The molecule has 0 atom stereocenters. The van der Waals surface area contributed by atoms with Crippen LogP contribution in [-0.4, -0.2) is 6.73 Å². The molecule has 1 aliphatic rings. The van der Waals surface area contributed by atoms with Crippen molar-refractivity contribution in [3.63, 3.8) is 0 Å². The molecule has 0 saturated carbocycles. The quantitative estimate of drug-likeness (QED) is 0.620. The fraction of sp³-hybridized carbons (Fsp3) is 0.143. The van der Waals surface area contributed by atoms with Gasteiger partial charge in [0, 0.05) is 11.1 Å². The first-order valence-electron chi connectivity index (χ1n) is 3.02. The predicted octanol–water partition coefficient (Wildman–Crippen LogP) is 2.10. The van der Waals surface area contributed by atoms with E-state index in [0.717, 1.165) is 11.4 Å². The molecule has 1 aliphatic heterocycles. The summed E-state index contributed by atoms with van der Waals surface area (Å²) >= 11 is 5.72. The van der Waals surface area contributed by atoms with Crippen LogP contribution < -0.4 is 10.1 Å². The van der Waals surface area contributed by atoms with E-state index in [1.165, 1.54) is 0 Å². The predicted molar refractivity (Wildman–Crippen MR) is 40.6 cm³/mol. The molecular formula is C7H6ClNO. The highest BCUT2D eigenvalue weighted by Gasteiger charge is 2.09. The number of hydrogen-bond donors (Lipinski definition) is 1. The van der Waals surface area contributed by atoms with Gasteiger partial charge in [0.05, 0.1) is 5.69 Å². The first-order chi connectivity index (χ1) is 4.86. The summed E-state index contributed by atoms with van der Waals surface area (Å²) in [7, 11) is 0. The standard InChI is InChI=1S/C7H6ClNO/c8-5-1-2-6-7(3-5)10-4-9-6/h1-3,9H,4H2. The molecule has 0 spiro atoms. The Morgan fingerprint density at radius 1 is 1.50 bits per heavy atom. The third kappa shape index (κ3) is 0.809. The average molecular weight is 156 g/mol. The van der Waals surface area contributed by atoms with Crippen LogP contribution in [0.2, 0.25) is 5.02 Å². The molecule has 1 aromatic rings. The van der Waals surface area contributed by atoms with Crippen molar-refractivity contribution >= 4 is 17.3 Å². The molecule has 0 saturated heterocycles. The number of fused-ring (bicyclic) bond motifs is 1. The second-order valence-electron chi connectivity index (χ2n) is 2.11. The molecule has 0 aliphatic carbocycles. The van der Waals surface area contributed by atoms with Gasteiger partial charge in [-0.1, -0.05) is 11.6 Å². The first-order valence-corrected chi connectivity index (χ1v) is 3.40. The minimum Gasteiger partial charge on any atom is -0.471 e. The molecule has 10 heavy (non-hydrogen) atoms. The van der Waals surface area contributed by atoms with Crippen molar-refractivity contribution < 1.29 is 4.74 Å². The van der Waals surface area contributed by atoms with Gasteiger partial charge in [-0.15, -0.1) is 0 Å². The van der Waals surface area contributed by atoms with E-state index in [4.69, 9.17) is 16.3 Å². The second-order valence-corrected chi connectivity index (χ2v) is 2.54. The van der Waals surface area contributed by atoms with Crippen LogP contribution >= 0.6 is 11.6 Å². The zero-order valence-electron chi connectivity index (χ0n) is 5.23. The lowest BCUT2D eigenvalue weighted by molar-refractivity contribution is 0.372. The number of halogens is 1. The average Bonchev–Trinajstić information content (AvgIpc) is 2.33. The normalized spacial score (nSPS) is 13.7. The lowest BCUT2D eigenvalue weighted by Crippen LogP contribution is -1.96. The molecule has 2 nitrogen and oxygen atoms in total. The topological polar surface area (TPSA) is 21.3 Å². The van der Waals surface area contributed by atoms with E-state index in [2.05, 4.69) is 5.32 Å². The molecule has 0 fully saturated rings. The van der Waals surface area contributed by atoms with Gasteiger partial charge in [-0.05, 0) is 12.1 Å². The largest absolute Gasteiger partial charge is 0.471 e. The lowest BCUT2D eigenvalue weighted by atomic mass is 10.3. The highest BCUT2D eigenvalue weighted by molar-refractivity contribution is 6.30. The van der Waals surface area contributed by atoms with Gasteiger partial charge in [0.15, 0.2) is 6.73 Å². The molecule has 1 heterocycles. The van der Waals surface area contributed by atoms with Crippen molar-refractivity contribution in [2.75, 3.05) is 12.0 Å². The Hall–Kier alpha value is -0.890. The molecule has 2 rings (SSSR count). The van der Waals surface area contributed by atoms with Crippen LogP contribution in [0.25, 0.3) is 0 Å². The van der Waals surface area contributed by atoms with Crippen LogP contribution in [0.3, 0.4) is 0 Å². The number of ether oxygens (including phenoxy) is 1. The maximum atomic E-state index is 5.72. The van der Waals surface area contributed by atoms with Crippen molar-refractivity contribution in [2.24, 2.45) is 0 Å². The molecule has 0 radical (unpaired) electrons. The second kappa shape index (κ2) is 2.06. The van der Waals surface area contributed by atoms with Crippen molar-refractivity contribution in [1.29, 1.82) is 0 Å². The fourth-order valence-corrected chi connectivity index (χ4v) is 1.12. The van der Waals surface area contributed by atoms with Gasteiger partial charge in [0.2, 0.25) is 0 Å². The Balaban J connectivity index is 2.52. The molecule has 1 aromatic carbocycles. The van der Waals surface area contributed by atoms with E-state index < -0.39 is 0 Å². The zero-order chi connectivity index (χ0) is 6.97. The van der Waals surface area contributed by atoms with Crippen LogP contribution in [-0.2, 0) is 0 Å². The fourth-order valence-electron chi connectivity index (χ4n) is 0.953. The smallest absolute Gasteiger partial charge is 0.159 e. The van der Waals surface area contributed by atoms with Crippen LogP contribution in [0, 0.1) is 0 Å². The van der Waals surface area contributed by atoms with E-state index in [-0.39, 0.29) is 0 Å². The van der Waals surface area contributed by atoms with Crippen LogP contribution in [0.4, 0.5) is 5.69 Å². The van der Waals surface area contributed by atoms with Crippen molar-refractivity contribution in [1.82, 2.24) is 0 Å². The molecule has 52 valence electrons. The van der Waals surface area contributed by atoms with Gasteiger partial charge >= 0.3 is 0 Å². The van der Waals surface area contributed by atoms with E-state index in [9.17, 15) is 0 Å². The number of nitrogens with one attached hydrogen (secondary N) is 1. The van der Waals surface area contributed by atoms with Crippen molar-refractivity contribution in [2.45, 2.75) is 0 Å². The number of anilines is 1. The molecule has 0 amide bonds. The Bertz CT molecular complexity index is 262. The van der Waals surface area contributed by atoms with Gasteiger partial charge in [0.1, 0.15) is 5.75 Å². The van der Waals surface area contributed by atoms with Crippen LogP contribution in [0.1, 0.15) is 0 Å². The van der Waals surface area contributed by atoms with Crippen LogP contribution in [0.15, 0.2) is 18.2 Å². The molecular weight excluding hydrogens is 150 g/mol. The SMILES string of the molecule is Clc1ccc2c(c1)OCN2. The Labute approximate surface area is 63.8 Å². The van der Waals surface area contributed by atoms with E-state index in [1.54, 1.807) is 6.07 Å². The summed E-state index contributed by atoms with van der Waals surface area (Å²) in [6.45, 7) is 0.551. The number of rotatable bonds is 0. The highest BCUT2D eigenvalue weighted by Crippen LogP contribution is 2.31. The number of hydrogen-bond acceptors (Lipinski definition) is 2. The van der Waals surface area contributed by atoms with Gasteiger partial charge in [-0.3, -0.25) is 0 Å². The lowest BCUT2D eigenvalue weighted by Gasteiger charge is -1.95. The maximum absolute atomic E-state index is 5.72. The van der Waals surface area contributed by atoms with Crippen molar-refractivity contribution in [3.05, 3.63) is 23.2 Å². The third-order valence-corrected chi connectivity index (χ3v) is 1.67. The van der Waals surface area contributed by atoms with E-state index in [1.807, 2.05) is 12.1 Å². The van der Waals surface area contributed by atoms with Gasteiger partial charge in [-0.25, -0.2) is 0 Å². The van der Waals surface area contributed by atoms with E-state index in [0.29, 0.717) is 11.8 Å². The van der Waals surface area contributed by atoms with E-state index >= 15 is 0 Å². The summed E-state index contributed by atoms with van der Waals surface area (Å²) in [6.07, 6.45) is 0. The summed E-state index contributed by atoms with van der Waals surface area (Å²) in [6, 6.07) is 5.55. The molecule has 0 aromatic heterocycles. The molecule has 0 bridgehead atoms. The minimum atomic E-state index is 0.551. The van der Waals surface area contributed by atoms with Crippen LogP contribution in [0.5, 0.6) is 5.75 Å². The minimum absolute atomic E-state index is 0.551. The Morgan fingerprint density at radius 3 is 3.30 bits per heavy atom. The summed E-state index contributed by atoms with van der Waals surface area (Å²) in [5, 5.41) is 3.76. The van der Waals surface area contributed by atoms with Gasteiger partial charge in [0.25, 0.3) is 0 Å². The Morgan fingerprint density at radius 2 is 2.40 bits per heavy atom. The first kappa shape index (κ1) is 5.86. The Kier molecular flexibility index (Phi) is 1.21. The summed E-state index contributed by atoms with van der Waals surface area (Å²) in [5.41, 5.74) is 1.02. The van der Waals surface area contributed by atoms with Crippen molar-refractivity contribution in [3.8, 4) is 5.75 Å². The molecule has 0 unspecified atom stereocenters. The van der Waals surface area contributed by atoms with Gasteiger partial charge in [-0.2, -0.15) is 0 Å². The third-order valence-electron chi connectivity index (χ3n) is 1.43. The molecule has 3 heteroatoms. The highest BCUT2D eigenvalue weighted by atomic mass is 35.5. The summed E-state index contributed by atoms with van der Waals surface area (Å²) < 4.78 is 5.18. The summed E-state index contributed by atoms with van der Waals surface area (Å²) in [4.78, 5) is 0. The monoisotopic (exact) mass is 155 g/mol. The number of benzene rings is 1. The zero-order valence-corrected chi connectivity index (χ0v) is 5.98. The maximum Gasteiger partial charge on any atom is 0.159 e. The summed E-state index contributed by atoms with van der Waals surface area (Å²) in [5.74, 6) is 0.840. The van der Waals surface area contributed by atoms with Gasteiger partial charge < -0.3 is 10.1 Å². The molecule has 1 N–H and O–H groups in total.